The Bertz CT molecular complexity index is 1140. The second kappa shape index (κ2) is 8.65. The number of hydrogen-bond acceptors (Lipinski definition) is 6. The minimum Gasteiger partial charge on any atom is -0.503 e. The number of amides is 1. The first-order valence-electron chi connectivity index (χ1n) is 9.62. The van der Waals surface area contributed by atoms with Crippen LogP contribution in [-0.2, 0) is 11.3 Å². The van der Waals surface area contributed by atoms with Gasteiger partial charge in [-0.25, -0.2) is 0 Å². The van der Waals surface area contributed by atoms with Gasteiger partial charge < -0.3 is 19.5 Å². The molecule has 1 aromatic heterocycles. The van der Waals surface area contributed by atoms with Gasteiger partial charge in [0, 0.05) is 17.7 Å². The van der Waals surface area contributed by atoms with E-state index in [0.717, 1.165) is 5.56 Å². The molecule has 0 saturated heterocycles. The van der Waals surface area contributed by atoms with Gasteiger partial charge >= 0.3 is 0 Å². The number of carbonyl (C=O) groups is 2. The van der Waals surface area contributed by atoms with E-state index in [1.165, 1.54) is 23.3 Å². The molecule has 1 aliphatic rings. The number of para-hydroxylation sites is 1. The number of benzene rings is 2. The average Bonchev–Trinajstić information content (AvgIpc) is 3.41. The van der Waals surface area contributed by atoms with Gasteiger partial charge in [-0.05, 0) is 52.7 Å². The van der Waals surface area contributed by atoms with Crippen LogP contribution in [0.15, 0.2) is 76.7 Å². The van der Waals surface area contributed by atoms with E-state index < -0.39 is 23.5 Å². The smallest absolute Gasteiger partial charge is 0.290 e. The highest BCUT2D eigenvalue weighted by atomic mass is 32.1. The Kier molecular flexibility index (Phi) is 5.77. The molecule has 0 aliphatic carbocycles. The lowest BCUT2D eigenvalue weighted by atomic mass is 9.92. The van der Waals surface area contributed by atoms with E-state index in [1.54, 1.807) is 43.5 Å². The molecule has 6 nitrogen and oxygen atoms in total. The summed E-state index contributed by atoms with van der Waals surface area (Å²) in [5, 5.41) is 14.6. The van der Waals surface area contributed by atoms with Crippen LogP contribution in [0, 0.1) is 0 Å². The zero-order valence-electron chi connectivity index (χ0n) is 17.1. The van der Waals surface area contributed by atoms with Gasteiger partial charge in [0.1, 0.15) is 11.5 Å². The van der Waals surface area contributed by atoms with Crippen molar-refractivity contribution in [1.82, 2.24) is 4.90 Å². The van der Waals surface area contributed by atoms with Crippen LogP contribution < -0.4 is 9.47 Å². The Balaban J connectivity index is 1.82. The van der Waals surface area contributed by atoms with E-state index in [0.29, 0.717) is 22.6 Å². The number of thiophene rings is 1. The summed E-state index contributed by atoms with van der Waals surface area (Å²) >= 11 is 1.52. The van der Waals surface area contributed by atoms with E-state index in [2.05, 4.69) is 0 Å². The molecule has 1 aliphatic heterocycles. The van der Waals surface area contributed by atoms with Crippen molar-refractivity contribution in [2.75, 3.05) is 14.2 Å². The second-order valence-electron chi connectivity index (χ2n) is 7.03. The van der Waals surface area contributed by atoms with Crippen LogP contribution in [0.1, 0.15) is 27.5 Å². The molecule has 0 bridgehead atoms. The fourth-order valence-electron chi connectivity index (χ4n) is 3.74. The predicted molar refractivity (Wildman–Crippen MR) is 118 cm³/mol. The van der Waals surface area contributed by atoms with Crippen LogP contribution in [0.2, 0.25) is 0 Å². The first-order chi connectivity index (χ1) is 15.0. The van der Waals surface area contributed by atoms with Gasteiger partial charge in [0.05, 0.1) is 25.8 Å². The lowest BCUT2D eigenvalue weighted by Gasteiger charge is -2.27. The van der Waals surface area contributed by atoms with Gasteiger partial charge in [0.2, 0.25) is 0 Å². The third-order valence-corrected chi connectivity index (χ3v) is 6.00. The number of rotatable bonds is 7. The zero-order chi connectivity index (χ0) is 22.0. The zero-order valence-corrected chi connectivity index (χ0v) is 17.9. The number of aliphatic hydroxyl groups excluding tert-OH is 1. The Morgan fingerprint density at radius 2 is 1.81 bits per heavy atom. The normalized spacial score (nSPS) is 16.0. The SMILES string of the molecule is COc1ccc(C(=O)C2=C(O)C(=O)N(Cc3ccsc3)C2c2ccccc2OC)cc1. The molecule has 0 spiro atoms. The van der Waals surface area contributed by atoms with Crippen molar-refractivity contribution in [3.05, 3.63) is 93.4 Å². The van der Waals surface area contributed by atoms with Gasteiger partial charge in [-0.2, -0.15) is 11.3 Å². The minimum atomic E-state index is -0.779. The number of hydrogen-bond donors (Lipinski definition) is 1. The van der Waals surface area contributed by atoms with Gasteiger partial charge in [0.25, 0.3) is 5.91 Å². The monoisotopic (exact) mass is 435 g/mol. The first kappa shape index (κ1) is 20.7. The van der Waals surface area contributed by atoms with Gasteiger partial charge in [-0.3, -0.25) is 9.59 Å². The van der Waals surface area contributed by atoms with Crippen LogP contribution in [0.5, 0.6) is 11.5 Å². The summed E-state index contributed by atoms with van der Waals surface area (Å²) in [5.41, 5.74) is 1.95. The van der Waals surface area contributed by atoms with Crippen LogP contribution in [0.25, 0.3) is 0 Å². The molecule has 3 aromatic rings. The highest BCUT2D eigenvalue weighted by molar-refractivity contribution is 7.07. The summed E-state index contributed by atoms with van der Waals surface area (Å²) in [5.74, 6) is -0.397. The highest BCUT2D eigenvalue weighted by Gasteiger charge is 2.44. The molecule has 1 unspecified atom stereocenters. The molecule has 0 radical (unpaired) electrons. The van der Waals surface area contributed by atoms with Crippen molar-refractivity contribution in [3.63, 3.8) is 0 Å². The molecule has 31 heavy (non-hydrogen) atoms. The van der Waals surface area contributed by atoms with E-state index >= 15 is 0 Å². The van der Waals surface area contributed by atoms with Gasteiger partial charge in [-0.1, -0.05) is 18.2 Å². The first-order valence-corrected chi connectivity index (χ1v) is 10.6. The molecule has 4 rings (SSSR count). The van der Waals surface area contributed by atoms with Crippen molar-refractivity contribution >= 4 is 23.0 Å². The molecular formula is C24H21NO5S. The fourth-order valence-corrected chi connectivity index (χ4v) is 4.40. The predicted octanol–water partition coefficient (Wildman–Crippen LogP) is 4.54. The molecule has 2 aromatic carbocycles. The minimum absolute atomic E-state index is 0.0369. The summed E-state index contributed by atoms with van der Waals surface area (Å²) in [7, 11) is 3.08. The number of methoxy groups -OCH3 is 2. The second-order valence-corrected chi connectivity index (χ2v) is 7.81. The largest absolute Gasteiger partial charge is 0.503 e. The molecule has 1 amide bonds. The van der Waals surface area contributed by atoms with Gasteiger partial charge in [0.15, 0.2) is 11.5 Å². The highest BCUT2D eigenvalue weighted by Crippen LogP contribution is 2.43. The Labute approximate surface area is 184 Å². The summed E-state index contributed by atoms with van der Waals surface area (Å²) in [6.45, 7) is 0.258. The third kappa shape index (κ3) is 3.80. The van der Waals surface area contributed by atoms with E-state index in [1.807, 2.05) is 29.0 Å². The van der Waals surface area contributed by atoms with Crippen molar-refractivity contribution in [2.24, 2.45) is 0 Å². The lowest BCUT2D eigenvalue weighted by Crippen LogP contribution is -2.30. The van der Waals surface area contributed by atoms with E-state index in [-0.39, 0.29) is 12.1 Å². The number of ether oxygens (including phenoxy) is 2. The van der Waals surface area contributed by atoms with Crippen molar-refractivity contribution < 1.29 is 24.2 Å². The molecule has 1 N–H and O–H groups in total. The molecule has 7 heteroatoms. The maximum absolute atomic E-state index is 13.5. The molecule has 1 atom stereocenters. The van der Waals surface area contributed by atoms with E-state index in [9.17, 15) is 14.7 Å². The number of aliphatic hydroxyl groups is 1. The molecule has 0 fully saturated rings. The molecule has 0 saturated carbocycles. The summed E-state index contributed by atoms with van der Waals surface area (Å²) in [6.07, 6.45) is 0. The Hall–Kier alpha value is -3.58. The van der Waals surface area contributed by atoms with Crippen molar-refractivity contribution in [3.8, 4) is 11.5 Å². The molecule has 2 heterocycles. The van der Waals surface area contributed by atoms with E-state index in [4.69, 9.17) is 9.47 Å². The topological polar surface area (TPSA) is 76.1 Å². The van der Waals surface area contributed by atoms with Crippen LogP contribution >= 0.6 is 11.3 Å². The Morgan fingerprint density at radius 1 is 1.06 bits per heavy atom. The number of carbonyl (C=O) groups excluding carboxylic acids is 2. The van der Waals surface area contributed by atoms with Crippen LogP contribution in [0.4, 0.5) is 0 Å². The standard InChI is InChI=1S/C24H21NO5S/c1-29-17-9-7-16(8-10-17)22(26)20-21(18-5-3-4-6-19(18)30-2)25(24(28)23(20)27)13-15-11-12-31-14-15/h3-12,14,21,27H,13H2,1-2H3. The number of Topliss-reactive ketones (excluding diaryl/α,β-unsaturated/α-hetero) is 1. The van der Waals surface area contributed by atoms with Gasteiger partial charge in [-0.15, -0.1) is 0 Å². The number of ketones is 1. The molecular weight excluding hydrogens is 414 g/mol. The maximum atomic E-state index is 13.5. The summed E-state index contributed by atoms with van der Waals surface area (Å²) < 4.78 is 10.7. The summed E-state index contributed by atoms with van der Waals surface area (Å²) in [6, 6.07) is 14.9. The Morgan fingerprint density at radius 3 is 2.45 bits per heavy atom. The average molecular weight is 436 g/mol. The maximum Gasteiger partial charge on any atom is 0.290 e. The molecule has 158 valence electrons. The summed E-state index contributed by atoms with van der Waals surface area (Å²) in [4.78, 5) is 28.0. The third-order valence-electron chi connectivity index (χ3n) is 5.27. The number of nitrogens with zero attached hydrogens (tertiary/aromatic N) is 1. The fraction of sp³-hybridized carbons (Fsp3) is 0.167. The quantitative estimate of drug-likeness (QED) is 0.551. The lowest BCUT2D eigenvalue weighted by molar-refractivity contribution is -0.130. The van der Waals surface area contributed by atoms with Crippen molar-refractivity contribution in [2.45, 2.75) is 12.6 Å². The van der Waals surface area contributed by atoms with Crippen molar-refractivity contribution in [1.29, 1.82) is 0 Å². The van der Waals surface area contributed by atoms with Crippen LogP contribution in [0.3, 0.4) is 0 Å². The van der Waals surface area contributed by atoms with Crippen LogP contribution in [-0.4, -0.2) is 35.9 Å².